The van der Waals surface area contributed by atoms with Crippen LogP contribution < -0.4 is 5.32 Å². The summed E-state index contributed by atoms with van der Waals surface area (Å²) in [6.07, 6.45) is 2.79. The number of aromatic nitrogens is 1. The normalized spacial score (nSPS) is 21.5. The molecule has 0 radical (unpaired) electrons. The van der Waals surface area contributed by atoms with E-state index in [-0.39, 0.29) is 12.0 Å². The molecule has 1 aliphatic rings. The fraction of sp³-hybridized carbons (Fsp3) is 0.529. The van der Waals surface area contributed by atoms with E-state index in [1.807, 2.05) is 13.0 Å². The van der Waals surface area contributed by atoms with Crippen molar-refractivity contribution in [2.75, 3.05) is 13.2 Å². The van der Waals surface area contributed by atoms with Gasteiger partial charge in [-0.2, -0.15) is 0 Å². The first-order chi connectivity index (χ1) is 9.99. The van der Waals surface area contributed by atoms with E-state index in [1.165, 1.54) is 0 Å². The molecule has 21 heavy (non-hydrogen) atoms. The van der Waals surface area contributed by atoms with Crippen molar-refractivity contribution < 1.29 is 9.53 Å². The second-order valence-electron chi connectivity index (χ2n) is 6.03. The van der Waals surface area contributed by atoms with Gasteiger partial charge in [0, 0.05) is 25.3 Å². The monoisotopic (exact) mass is 288 g/mol. The first-order valence-corrected chi connectivity index (χ1v) is 7.50. The van der Waals surface area contributed by atoms with Gasteiger partial charge in [0.2, 0.25) is 0 Å². The third-order valence-electron chi connectivity index (χ3n) is 3.91. The summed E-state index contributed by atoms with van der Waals surface area (Å²) in [6, 6.07) is 3.74. The van der Waals surface area contributed by atoms with Gasteiger partial charge >= 0.3 is 0 Å². The zero-order chi connectivity index (χ0) is 15.4. The quantitative estimate of drug-likeness (QED) is 0.848. The Hall–Kier alpha value is -1.68. The fourth-order valence-corrected chi connectivity index (χ4v) is 2.58. The van der Waals surface area contributed by atoms with Crippen molar-refractivity contribution in [3.05, 3.63) is 41.7 Å². The maximum absolute atomic E-state index is 12.1. The molecule has 1 aromatic rings. The van der Waals surface area contributed by atoms with E-state index in [1.54, 1.807) is 12.3 Å². The standard InChI is InChI=1S/C17H24N2O2/c1-11(2)13-5-6-15(18-9-13)17(20)19-10-14-7-8-21-16(14)12(3)4/h5-6,9,11,14,16H,3,7-8,10H2,1-2,4H3,(H,19,20). The molecule has 2 rings (SSSR count). The number of pyridine rings is 1. The largest absolute Gasteiger partial charge is 0.374 e. The van der Waals surface area contributed by atoms with Crippen LogP contribution in [0.15, 0.2) is 30.5 Å². The van der Waals surface area contributed by atoms with Crippen LogP contribution in [-0.2, 0) is 4.74 Å². The number of nitrogens with zero attached hydrogens (tertiary/aromatic N) is 1. The number of carbonyl (C=O) groups excluding carboxylic acids is 1. The number of hydrogen-bond donors (Lipinski definition) is 1. The van der Waals surface area contributed by atoms with Gasteiger partial charge in [-0.1, -0.05) is 32.1 Å². The predicted octanol–water partition coefficient (Wildman–Crippen LogP) is 2.92. The molecule has 0 aromatic carbocycles. The Morgan fingerprint density at radius 2 is 2.29 bits per heavy atom. The van der Waals surface area contributed by atoms with Crippen LogP contribution in [0.25, 0.3) is 0 Å². The van der Waals surface area contributed by atoms with Crippen LogP contribution in [0.5, 0.6) is 0 Å². The molecule has 1 saturated heterocycles. The molecule has 4 nitrogen and oxygen atoms in total. The van der Waals surface area contributed by atoms with Gasteiger partial charge in [0.25, 0.3) is 5.91 Å². The van der Waals surface area contributed by atoms with Crippen LogP contribution in [0.3, 0.4) is 0 Å². The van der Waals surface area contributed by atoms with Crippen molar-refractivity contribution in [3.63, 3.8) is 0 Å². The lowest BCUT2D eigenvalue weighted by atomic mass is 9.97. The molecule has 1 amide bonds. The molecule has 114 valence electrons. The van der Waals surface area contributed by atoms with Gasteiger partial charge in [-0.15, -0.1) is 0 Å². The summed E-state index contributed by atoms with van der Waals surface area (Å²) < 4.78 is 5.64. The zero-order valence-electron chi connectivity index (χ0n) is 13.1. The minimum absolute atomic E-state index is 0.0570. The summed E-state index contributed by atoms with van der Waals surface area (Å²) in [7, 11) is 0. The minimum Gasteiger partial charge on any atom is -0.374 e. The van der Waals surface area contributed by atoms with Crippen LogP contribution in [0.2, 0.25) is 0 Å². The average molecular weight is 288 g/mol. The molecule has 2 unspecified atom stereocenters. The van der Waals surface area contributed by atoms with Crippen LogP contribution in [0.1, 0.15) is 49.2 Å². The zero-order valence-corrected chi connectivity index (χ0v) is 13.1. The Bertz CT molecular complexity index is 508. The minimum atomic E-state index is -0.127. The van der Waals surface area contributed by atoms with Gasteiger partial charge in [-0.3, -0.25) is 9.78 Å². The van der Waals surface area contributed by atoms with Crippen molar-refractivity contribution in [2.24, 2.45) is 5.92 Å². The molecule has 0 bridgehead atoms. The molecular weight excluding hydrogens is 264 g/mol. The maximum Gasteiger partial charge on any atom is 0.269 e. The summed E-state index contributed by atoms with van der Waals surface area (Å²) in [5.74, 6) is 0.598. The lowest BCUT2D eigenvalue weighted by Crippen LogP contribution is -2.33. The number of carbonyl (C=O) groups is 1. The van der Waals surface area contributed by atoms with Gasteiger partial charge in [-0.05, 0) is 30.9 Å². The van der Waals surface area contributed by atoms with Crippen LogP contribution in [0.4, 0.5) is 0 Å². The van der Waals surface area contributed by atoms with Gasteiger partial charge in [0.1, 0.15) is 5.69 Å². The lowest BCUT2D eigenvalue weighted by molar-refractivity contribution is 0.0921. The molecule has 1 aliphatic heterocycles. The molecule has 1 fully saturated rings. The highest BCUT2D eigenvalue weighted by molar-refractivity contribution is 5.92. The molecule has 0 saturated carbocycles. The molecule has 1 N–H and O–H groups in total. The molecule has 2 heterocycles. The van der Waals surface area contributed by atoms with Gasteiger partial charge in [0.15, 0.2) is 0 Å². The van der Waals surface area contributed by atoms with Crippen molar-refractivity contribution in [1.82, 2.24) is 10.3 Å². The number of rotatable bonds is 5. The van der Waals surface area contributed by atoms with E-state index in [9.17, 15) is 4.79 Å². The first kappa shape index (κ1) is 15.7. The lowest BCUT2D eigenvalue weighted by Gasteiger charge is -2.18. The van der Waals surface area contributed by atoms with Crippen LogP contribution in [0, 0.1) is 5.92 Å². The van der Waals surface area contributed by atoms with E-state index < -0.39 is 0 Å². The number of amides is 1. The Balaban J connectivity index is 1.91. The van der Waals surface area contributed by atoms with E-state index in [4.69, 9.17) is 4.74 Å². The summed E-state index contributed by atoms with van der Waals surface area (Å²) in [5, 5.41) is 2.95. The first-order valence-electron chi connectivity index (χ1n) is 7.50. The van der Waals surface area contributed by atoms with Crippen molar-refractivity contribution >= 4 is 5.91 Å². The molecule has 2 atom stereocenters. The number of hydrogen-bond acceptors (Lipinski definition) is 3. The Morgan fingerprint density at radius 3 is 2.86 bits per heavy atom. The molecule has 0 aliphatic carbocycles. The van der Waals surface area contributed by atoms with E-state index >= 15 is 0 Å². The van der Waals surface area contributed by atoms with E-state index in [2.05, 4.69) is 30.7 Å². The third kappa shape index (κ3) is 3.91. The van der Waals surface area contributed by atoms with Crippen LogP contribution in [-0.4, -0.2) is 30.1 Å². The van der Waals surface area contributed by atoms with E-state index in [0.29, 0.717) is 24.1 Å². The Labute approximate surface area is 126 Å². The topological polar surface area (TPSA) is 51.2 Å². The molecule has 1 aromatic heterocycles. The second kappa shape index (κ2) is 6.85. The second-order valence-corrected chi connectivity index (χ2v) is 6.03. The van der Waals surface area contributed by atoms with Crippen LogP contribution >= 0.6 is 0 Å². The van der Waals surface area contributed by atoms with Crippen molar-refractivity contribution in [3.8, 4) is 0 Å². The SMILES string of the molecule is C=C(C)C1OCCC1CNC(=O)c1ccc(C(C)C)cn1. The average Bonchev–Trinajstić information content (AvgIpc) is 2.93. The highest BCUT2D eigenvalue weighted by atomic mass is 16.5. The number of nitrogens with one attached hydrogen (secondary N) is 1. The van der Waals surface area contributed by atoms with Gasteiger partial charge < -0.3 is 10.1 Å². The summed E-state index contributed by atoms with van der Waals surface area (Å²) >= 11 is 0. The Kier molecular flexibility index (Phi) is 5.12. The van der Waals surface area contributed by atoms with E-state index in [0.717, 1.165) is 24.2 Å². The summed E-state index contributed by atoms with van der Waals surface area (Å²) in [6.45, 7) is 11.5. The third-order valence-corrected chi connectivity index (χ3v) is 3.91. The van der Waals surface area contributed by atoms with Gasteiger partial charge in [-0.25, -0.2) is 0 Å². The fourth-order valence-electron chi connectivity index (χ4n) is 2.58. The molecular formula is C17H24N2O2. The van der Waals surface area contributed by atoms with Gasteiger partial charge in [0.05, 0.1) is 6.10 Å². The van der Waals surface area contributed by atoms with Crippen molar-refractivity contribution in [2.45, 2.75) is 39.2 Å². The maximum atomic E-state index is 12.1. The molecule has 0 spiro atoms. The highest BCUT2D eigenvalue weighted by Crippen LogP contribution is 2.25. The summed E-state index contributed by atoms with van der Waals surface area (Å²) in [4.78, 5) is 16.4. The predicted molar refractivity (Wildman–Crippen MR) is 83.3 cm³/mol. The molecule has 4 heteroatoms. The highest BCUT2D eigenvalue weighted by Gasteiger charge is 2.29. The smallest absolute Gasteiger partial charge is 0.269 e. The summed E-state index contributed by atoms with van der Waals surface area (Å²) in [5.41, 5.74) is 2.62. The Morgan fingerprint density at radius 1 is 1.52 bits per heavy atom. The van der Waals surface area contributed by atoms with Crippen molar-refractivity contribution in [1.29, 1.82) is 0 Å². The number of ether oxygens (including phenoxy) is 1.